The van der Waals surface area contributed by atoms with Crippen molar-refractivity contribution in [1.82, 2.24) is 0 Å². The number of halogens is 1. The van der Waals surface area contributed by atoms with E-state index in [1.807, 2.05) is 0 Å². The number of hydrogen-bond acceptors (Lipinski definition) is 3. The SMILES string of the molecule is COC(CO)(OC)c1ccc(Cl)cc1. The second-order valence-electron chi connectivity index (χ2n) is 2.83. The molecule has 0 amide bonds. The van der Waals surface area contributed by atoms with Crippen LogP contribution in [-0.2, 0) is 15.3 Å². The van der Waals surface area contributed by atoms with Gasteiger partial charge in [-0.25, -0.2) is 0 Å². The predicted molar refractivity (Wildman–Crippen MR) is 54.2 cm³/mol. The van der Waals surface area contributed by atoms with Crippen LogP contribution < -0.4 is 0 Å². The Morgan fingerprint density at radius 1 is 1.21 bits per heavy atom. The van der Waals surface area contributed by atoms with E-state index in [9.17, 15) is 5.11 Å². The summed E-state index contributed by atoms with van der Waals surface area (Å²) in [5.74, 6) is -1.09. The molecule has 3 nitrogen and oxygen atoms in total. The summed E-state index contributed by atoms with van der Waals surface area (Å²) in [4.78, 5) is 0. The average molecular weight is 217 g/mol. The molecular formula is C10H13ClO3. The maximum Gasteiger partial charge on any atom is 0.218 e. The van der Waals surface area contributed by atoms with Crippen molar-refractivity contribution in [2.75, 3.05) is 20.8 Å². The second kappa shape index (κ2) is 4.75. The first-order valence-corrected chi connectivity index (χ1v) is 4.53. The van der Waals surface area contributed by atoms with E-state index < -0.39 is 5.79 Å². The van der Waals surface area contributed by atoms with E-state index in [2.05, 4.69) is 0 Å². The van der Waals surface area contributed by atoms with Crippen LogP contribution in [0.1, 0.15) is 5.56 Å². The van der Waals surface area contributed by atoms with Crippen LogP contribution in [0.2, 0.25) is 5.02 Å². The molecule has 1 N–H and O–H groups in total. The van der Waals surface area contributed by atoms with Crippen LogP contribution in [-0.4, -0.2) is 25.9 Å². The highest BCUT2D eigenvalue weighted by Gasteiger charge is 2.30. The molecule has 78 valence electrons. The van der Waals surface area contributed by atoms with Crippen LogP contribution >= 0.6 is 11.6 Å². The van der Waals surface area contributed by atoms with E-state index in [0.29, 0.717) is 5.02 Å². The number of methoxy groups -OCH3 is 2. The highest BCUT2D eigenvalue weighted by atomic mass is 35.5. The first kappa shape index (κ1) is 11.5. The molecule has 1 rings (SSSR count). The van der Waals surface area contributed by atoms with Crippen LogP contribution in [0.25, 0.3) is 0 Å². The summed E-state index contributed by atoms with van der Waals surface area (Å²) >= 11 is 5.75. The van der Waals surface area contributed by atoms with Crippen molar-refractivity contribution in [2.24, 2.45) is 0 Å². The minimum atomic E-state index is -1.09. The van der Waals surface area contributed by atoms with Gasteiger partial charge in [-0.1, -0.05) is 23.7 Å². The Bertz CT molecular complexity index is 272. The zero-order valence-corrected chi connectivity index (χ0v) is 8.91. The van der Waals surface area contributed by atoms with Gasteiger partial charge in [-0.3, -0.25) is 0 Å². The van der Waals surface area contributed by atoms with E-state index >= 15 is 0 Å². The summed E-state index contributed by atoms with van der Waals surface area (Å²) in [7, 11) is 2.96. The molecule has 0 aliphatic carbocycles. The van der Waals surface area contributed by atoms with Crippen molar-refractivity contribution in [2.45, 2.75) is 5.79 Å². The lowest BCUT2D eigenvalue weighted by atomic mass is 10.1. The minimum absolute atomic E-state index is 0.248. The number of aliphatic hydroxyl groups excluding tert-OH is 1. The van der Waals surface area contributed by atoms with E-state index in [4.69, 9.17) is 21.1 Å². The van der Waals surface area contributed by atoms with Crippen LogP contribution in [0.5, 0.6) is 0 Å². The largest absolute Gasteiger partial charge is 0.390 e. The van der Waals surface area contributed by atoms with Gasteiger partial charge < -0.3 is 14.6 Å². The second-order valence-corrected chi connectivity index (χ2v) is 3.26. The van der Waals surface area contributed by atoms with Crippen molar-refractivity contribution in [3.8, 4) is 0 Å². The Morgan fingerprint density at radius 2 is 1.71 bits per heavy atom. The monoisotopic (exact) mass is 216 g/mol. The molecule has 1 aromatic rings. The smallest absolute Gasteiger partial charge is 0.218 e. The quantitative estimate of drug-likeness (QED) is 0.780. The molecule has 0 saturated heterocycles. The lowest BCUT2D eigenvalue weighted by Crippen LogP contribution is -2.34. The maximum absolute atomic E-state index is 9.22. The molecule has 14 heavy (non-hydrogen) atoms. The number of ether oxygens (including phenoxy) is 2. The fourth-order valence-electron chi connectivity index (χ4n) is 1.24. The summed E-state index contributed by atoms with van der Waals surface area (Å²) in [6.07, 6.45) is 0. The molecule has 0 bridgehead atoms. The number of rotatable bonds is 4. The van der Waals surface area contributed by atoms with Crippen molar-refractivity contribution in [1.29, 1.82) is 0 Å². The van der Waals surface area contributed by atoms with Gasteiger partial charge in [0.1, 0.15) is 6.61 Å². The summed E-state index contributed by atoms with van der Waals surface area (Å²) in [6, 6.07) is 6.95. The molecule has 4 heteroatoms. The zero-order chi connectivity index (χ0) is 10.6. The Balaban J connectivity index is 3.05. The molecule has 0 heterocycles. The topological polar surface area (TPSA) is 38.7 Å². The molecule has 0 spiro atoms. The van der Waals surface area contributed by atoms with Crippen LogP contribution in [0.15, 0.2) is 24.3 Å². The van der Waals surface area contributed by atoms with Gasteiger partial charge in [-0.2, -0.15) is 0 Å². The standard InChI is InChI=1S/C10H13ClO3/c1-13-10(7-12,14-2)8-3-5-9(11)6-4-8/h3-6,12H,7H2,1-2H3. The maximum atomic E-state index is 9.22. The third-order valence-electron chi connectivity index (χ3n) is 2.15. The Labute approximate surface area is 88.2 Å². The first-order chi connectivity index (χ1) is 6.68. The molecule has 0 aliphatic rings. The average Bonchev–Trinajstić information content (AvgIpc) is 2.24. The molecule has 1 aromatic carbocycles. The number of aliphatic hydroxyl groups is 1. The number of hydrogen-bond donors (Lipinski definition) is 1. The van der Waals surface area contributed by atoms with E-state index in [1.54, 1.807) is 24.3 Å². The van der Waals surface area contributed by atoms with Crippen molar-refractivity contribution in [3.05, 3.63) is 34.9 Å². The van der Waals surface area contributed by atoms with Crippen molar-refractivity contribution >= 4 is 11.6 Å². The van der Waals surface area contributed by atoms with Gasteiger partial charge >= 0.3 is 0 Å². The van der Waals surface area contributed by atoms with Gasteiger partial charge in [0.05, 0.1) is 0 Å². The van der Waals surface area contributed by atoms with E-state index in [-0.39, 0.29) is 6.61 Å². The Hall–Kier alpha value is -0.610. The molecule has 0 saturated carbocycles. The van der Waals surface area contributed by atoms with Crippen LogP contribution in [0.4, 0.5) is 0 Å². The molecular weight excluding hydrogens is 204 g/mol. The predicted octanol–water partition coefficient (Wildman–Crippen LogP) is 1.78. The van der Waals surface area contributed by atoms with Crippen LogP contribution in [0, 0.1) is 0 Å². The molecule has 0 fully saturated rings. The zero-order valence-electron chi connectivity index (χ0n) is 8.16. The summed E-state index contributed by atoms with van der Waals surface area (Å²) in [5, 5.41) is 9.85. The Kier molecular flexibility index (Phi) is 3.89. The first-order valence-electron chi connectivity index (χ1n) is 4.15. The fourth-order valence-corrected chi connectivity index (χ4v) is 1.37. The number of benzene rings is 1. The van der Waals surface area contributed by atoms with Gasteiger partial charge in [0.15, 0.2) is 0 Å². The fraction of sp³-hybridized carbons (Fsp3) is 0.400. The van der Waals surface area contributed by atoms with E-state index in [0.717, 1.165) is 5.56 Å². The molecule has 0 aliphatic heterocycles. The van der Waals surface area contributed by atoms with Crippen LogP contribution in [0.3, 0.4) is 0 Å². The van der Waals surface area contributed by atoms with Gasteiger partial charge in [-0.05, 0) is 12.1 Å². The summed E-state index contributed by atoms with van der Waals surface area (Å²) in [6.45, 7) is -0.248. The van der Waals surface area contributed by atoms with Gasteiger partial charge in [-0.15, -0.1) is 0 Å². The third kappa shape index (κ3) is 2.07. The van der Waals surface area contributed by atoms with Crippen molar-refractivity contribution in [3.63, 3.8) is 0 Å². The molecule has 0 radical (unpaired) electrons. The summed E-state index contributed by atoms with van der Waals surface area (Å²) in [5.41, 5.74) is 0.731. The highest BCUT2D eigenvalue weighted by molar-refractivity contribution is 6.30. The molecule has 0 atom stereocenters. The van der Waals surface area contributed by atoms with Crippen molar-refractivity contribution < 1.29 is 14.6 Å². The molecule has 0 aromatic heterocycles. The van der Waals surface area contributed by atoms with Gasteiger partial charge in [0, 0.05) is 24.8 Å². The van der Waals surface area contributed by atoms with Gasteiger partial charge in [0.25, 0.3) is 0 Å². The third-order valence-corrected chi connectivity index (χ3v) is 2.40. The van der Waals surface area contributed by atoms with Gasteiger partial charge in [0.2, 0.25) is 5.79 Å². The normalized spacial score (nSPS) is 11.7. The highest BCUT2D eigenvalue weighted by Crippen LogP contribution is 2.26. The lowest BCUT2D eigenvalue weighted by Gasteiger charge is -2.29. The lowest BCUT2D eigenvalue weighted by molar-refractivity contribution is -0.236. The Morgan fingerprint density at radius 3 is 2.07 bits per heavy atom. The summed E-state index contributed by atoms with van der Waals surface area (Å²) < 4.78 is 10.3. The van der Waals surface area contributed by atoms with E-state index in [1.165, 1.54) is 14.2 Å². The minimum Gasteiger partial charge on any atom is -0.390 e. The molecule has 0 unspecified atom stereocenters.